The van der Waals surface area contributed by atoms with Crippen molar-refractivity contribution in [3.05, 3.63) is 59.7 Å². The first-order chi connectivity index (χ1) is 10.5. The molecule has 2 aromatic rings. The Kier molecular flexibility index (Phi) is 5.67. The molecule has 1 atom stereocenters. The van der Waals surface area contributed by atoms with Gasteiger partial charge in [-0.05, 0) is 49.4 Å². The number of rotatable bonds is 6. The average Bonchev–Trinajstić information content (AvgIpc) is 2.53. The normalized spacial score (nSPS) is 13.0. The lowest BCUT2D eigenvalue weighted by Gasteiger charge is -2.18. The fraction of sp³-hybridized carbons (Fsp3) is 0.294. The molecule has 0 aliphatic carbocycles. The summed E-state index contributed by atoms with van der Waals surface area (Å²) in [6, 6.07) is 14.7. The van der Waals surface area contributed by atoms with Crippen molar-refractivity contribution in [3.63, 3.8) is 0 Å². The Balaban J connectivity index is 2.23. The Morgan fingerprint density at radius 1 is 1.05 bits per heavy atom. The lowest BCUT2D eigenvalue weighted by Crippen LogP contribution is -2.28. The summed E-state index contributed by atoms with van der Waals surface area (Å²) in [6.07, 6.45) is 2.66. The van der Waals surface area contributed by atoms with Gasteiger partial charge in [-0.15, -0.1) is 11.8 Å². The number of sulfonamides is 1. The van der Waals surface area contributed by atoms with Crippen LogP contribution < -0.4 is 4.72 Å². The monoisotopic (exact) mass is 335 g/mol. The second kappa shape index (κ2) is 7.31. The van der Waals surface area contributed by atoms with Gasteiger partial charge in [0.2, 0.25) is 10.0 Å². The highest BCUT2D eigenvalue weighted by Gasteiger charge is 2.20. The van der Waals surface area contributed by atoms with Crippen molar-refractivity contribution in [2.45, 2.75) is 36.1 Å². The van der Waals surface area contributed by atoms with Crippen molar-refractivity contribution in [2.24, 2.45) is 0 Å². The first-order valence-corrected chi connectivity index (χ1v) is 9.90. The second-order valence-electron chi connectivity index (χ2n) is 5.17. The number of aryl methyl sites for hydroxylation is 1. The minimum Gasteiger partial charge on any atom is -0.207 e. The number of hydrogen-bond donors (Lipinski definition) is 1. The van der Waals surface area contributed by atoms with E-state index in [1.807, 2.05) is 56.5 Å². The summed E-state index contributed by atoms with van der Waals surface area (Å²) >= 11 is 1.59. The molecule has 0 amide bonds. The molecule has 1 N–H and O–H groups in total. The van der Waals surface area contributed by atoms with Crippen molar-refractivity contribution in [2.75, 3.05) is 6.26 Å². The van der Waals surface area contributed by atoms with Crippen LogP contribution in [0.25, 0.3) is 0 Å². The van der Waals surface area contributed by atoms with E-state index in [9.17, 15) is 8.42 Å². The molecule has 3 nitrogen and oxygen atoms in total. The zero-order valence-corrected chi connectivity index (χ0v) is 14.7. The number of hydrogen-bond acceptors (Lipinski definition) is 3. The molecule has 1 unspecified atom stereocenters. The van der Waals surface area contributed by atoms with Crippen molar-refractivity contribution in [1.29, 1.82) is 0 Å². The van der Waals surface area contributed by atoms with Crippen LogP contribution in [0, 0.1) is 6.92 Å². The predicted molar refractivity (Wildman–Crippen MR) is 92.8 cm³/mol. The summed E-state index contributed by atoms with van der Waals surface area (Å²) in [5.41, 5.74) is 2.14. The van der Waals surface area contributed by atoms with E-state index >= 15 is 0 Å². The summed E-state index contributed by atoms with van der Waals surface area (Å²) in [7, 11) is -3.51. The molecule has 118 valence electrons. The van der Waals surface area contributed by atoms with Crippen LogP contribution in [0.3, 0.4) is 0 Å². The van der Waals surface area contributed by atoms with E-state index in [-0.39, 0.29) is 6.04 Å². The standard InChI is InChI=1S/C17H21NO2S2/c1-4-17(14-7-5-13(2)6-8-14)18-22(19,20)16-11-9-15(21-3)10-12-16/h5-12,17-18H,4H2,1-3H3. The van der Waals surface area contributed by atoms with Crippen LogP contribution in [0.2, 0.25) is 0 Å². The van der Waals surface area contributed by atoms with Gasteiger partial charge in [-0.3, -0.25) is 0 Å². The molecule has 0 aliphatic heterocycles. The van der Waals surface area contributed by atoms with Gasteiger partial charge in [0.25, 0.3) is 0 Å². The molecule has 0 aromatic heterocycles. The van der Waals surface area contributed by atoms with Gasteiger partial charge in [0.1, 0.15) is 0 Å². The Morgan fingerprint density at radius 2 is 1.64 bits per heavy atom. The van der Waals surface area contributed by atoms with E-state index in [0.717, 1.165) is 16.0 Å². The molecule has 0 saturated heterocycles. The van der Waals surface area contributed by atoms with Gasteiger partial charge in [0.15, 0.2) is 0 Å². The molecule has 0 heterocycles. The highest BCUT2D eigenvalue weighted by molar-refractivity contribution is 7.98. The third kappa shape index (κ3) is 4.12. The third-order valence-electron chi connectivity index (χ3n) is 3.56. The fourth-order valence-corrected chi connectivity index (χ4v) is 3.91. The maximum absolute atomic E-state index is 12.5. The van der Waals surface area contributed by atoms with Crippen LogP contribution in [0.15, 0.2) is 58.3 Å². The molecule has 0 radical (unpaired) electrons. The highest BCUT2D eigenvalue weighted by atomic mass is 32.2. The summed E-state index contributed by atoms with van der Waals surface area (Å²) < 4.78 is 27.8. The van der Waals surface area contributed by atoms with Crippen LogP contribution in [0.5, 0.6) is 0 Å². The Morgan fingerprint density at radius 3 is 2.14 bits per heavy atom. The first-order valence-electron chi connectivity index (χ1n) is 7.19. The van der Waals surface area contributed by atoms with Gasteiger partial charge in [-0.25, -0.2) is 13.1 Å². The number of benzene rings is 2. The molecule has 0 aliphatic rings. The molecular weight excluding hydrogens is 314 g/mol. The molecular formula is C17H21NO2S2. The van der Waals surface area contributed by atoms with Gasteiger partial charge in [-0.2, -0.15) is 0 Å². The summed E-state index contributed by atoms with van der Waals surface area (Å²) in [6.45, 7) is 3.99. The zero-order valence-electron chi connectivity index (χ0n) is 13.0. The predicted octanol–water partition coefficient (Wildman–Crippen LogP) is 4.15. The van der Waals surface area contributed by atoms with E-state index in [2.05, 4.69) is 4.72 Å². The maximum Gasteiger partial charge on any atom is 0.241 e. The topological polar surface area (TPSA) is 46.2 Å². The average molecular weight is 335 g/mol. The third-order valence-corrected chi connectivity index (χ3v) is 5.79. The number of nitrogens with one attached hydrogen (secondary N) is 1. The maximum atomic E-state index is 12.5. The fourth-order valence-electron chi connectivity index (χ4n) is 2.20. The van der Waals surface area contributed by atoms with E-state index in [4.69, 9.17) is 0 Å². The van der Waals surface area contributed by atoms with E-state index < -0.39 is 10.0 Å². The van der Waals surface area contributed by atoms with Crippen LogP contribution in [-0.2, 0) is 10.0 Å². The molecule has 0 bridgehead atoms. The molecule has 2 aromatic carbocycles. The molecule has 0 spiro atoms. The minimum absolute atomic E-state index is 0.217. The molecule has 2 rings (SSSR count). The lowest BCUT2D eigenvalue weighted by molar-refractivity contribution is 0.550. The van der Waals surface area contributed by atoms with Crippen LogP contribution in [0.4, 0.5) is 0 Å². The van der Waals surface area contributed by atoms with Crippen molar-refractivity contribution >= 4 is 21.8 Å². The zero-order chi connectivity index (χ0) is 16.2. The number of thioether (sulfide) groups is 1. The van der Waals surface area contributed by atoms with Gasteiger partial charge in [0.05, 0.1) is 4.90 Å². The van der Waals surface area contributed by atoms with E-state index in [1.165, 1.54) is 0 Å². The van der Waals surface area contributed by atoms with Gasteiger partial charge >= 0.3 is 0 Å². The highest BCUT2D eigenvalue weighted by Crippen LogP contribution is 2.22. The summed E-state index contributed by atoms with van der Waals surface area (Å²) in [5.74, 6) is 0. The van der Waals surface area contributed by atoms with Crippen LogP contribution in [0.1, 0.15) is 30.5 Å². The molecule has 0 fully saturated rings. The molecule has 0 saturated carbocycles. The van der Waals surface area contributed by atoms with Crippen molar-refractivity contribution in [3.8, 4) is 0 Å². The quantitative estimate of drug-likeness (QED) is 0.807. The van der Waals surface area contributed by atoms with Gasteiger partial charge < -0.3 is 0 Å². The first kappa shape index (κ1) is 17.1. The second-order valence-corrected chi connectivity index (χ2v) is 7.76. The van der Waals surface area contributed by atoms with Gasteiger partial charge in [-0.1, -0.05) is 36.8 Å². The van der Waals surface area contributed by atoms with Crippen LogP contribution in [-0.4, -0.2) is 14.7 Å². The SMILES string of the molecule is CCC(NS(=O)(=O)c1ccc(SC)cc1)c1ccc(C)cc1. The molecule has 5 heteroatoms. The summed E-state index contributed by atoms with van der Waals surface area (Å²) in [4.78, 5) is 1.35. The lowest BCUT2D eigenvalue weighted by atomic mass is 10.0. The van der Waals surface area contributed by atoms with Crippen molar-refractivity contribution < 1.29 is 8.42 Å². The Hall–Kier alpha value is -1.30. The molecule has 22 heavy (non-hydrogen) atoms. The van der Waals surface area contributed by atoms with E-state index in [0.29, 0.717) is 11.3 Å². The largest absolute Gasteiger partial charge is 0.241 e. The van der Waals surface area contributed by atoms with Crippen LogP contribution >= 0.6 is 11.8 Å². The van der Waals surface area contributed by atoms with Gasteiger partial charge in [0, 0.05) is 10.9 Å². The Labute approximate surface area is 137 Å². The van der Waals surface area contributed by atoms with E-state index in [1.54, 1.807) is 23.9 Å². The summed E-state index contributed by atoms with van der Waals surface area (Å²) in [5, 5.41) is 0. The smallest absolute Gasteiger partial charge is 0.207 e. The minimum atomic E-state index is -3.51. The van der Waals surface area contributed by atoms with Crippen molar-refractivity contribution in [1.82, 2.24) is 4.72 Å². The Bertz CT molecular complexity index is 707.